The summed E-state index contributed by atoms with van der Waals surface area (Å²) in [6.07, 6.45) is 2.52. The van der Waals surface area contributed by atoms with E-state index in [0.29, 0.717) is 12.5 Å². The summed E-state index contributed by atoms with van der Waals surface area (Å²) >= 11 is 0. The number of amides is 1. The van der Waals surface area contributed by atoms with Gasteiger partial charge in [0.1, 0.15) is 0 Å². The van der Waals surface area contributed by atoms with Crippen LogP contribution in [0.3, 0.4) is 0 Å². The standard InChI is InChI=1S/C14H28N4O2/c1-4-13(19)18-9-7-12(11-18)17-14(15-3)16-8-6-10-20-5-2/h12H,4-11H2,1-3H3,(H2,15,16,17). The fourth-order valence-corrected chi connectivity index (χ4v) is 2.24. The summed E-state index contributed by atoms with van der Waals surface area (Å²) in [4.78, 5) is 17.8. The van der Waals surface area contributed by atoms with Gasteiger partial charge in [0, 0.05) is 52.4 Å². The highest BCUT2D eigenvalue weighted by molar-refractivity contribution is 5.80. The van der Waals surface area contributed by atoms with Crippen molar-refractivity contribution < 1.29 is 9.53 Å². The average molecular weight is 284 g/mol. The molecule has 6 heteroatoms. The minimum atomic E-state index is 0.231. The SMILES string of the molecule is CCOCCCNC(=NC)NC1CCN(C(=O)CC)C1. The number of aliphatic imine (C=N–C) groups is 1. The molecule has 1 rings (SSSR count). The first-order valence-corrected chi connectivity index (χ1v) is 7.53. The van der Waals surface area contributed by atoms with Crippen molar-refractivity contribution in [3.63, 3.8) is 0 Å². The zero-order valence-electron chi connectivity index (χ0n) is 12.9. The van der Waals surface area contributed by atoms with Crippen LogP contribution in [0.1, 0.15) is 33.1 Å². The lowest BCUT2D eigenvalue weighted by Crippen LogP contribution is -2.45. The van der Waals surface area contributed by atoms with Crippen molar-refractivity contribution >= 4 is 11.9 Å². The molecular weight excluding hydrogens is 256 g/mol. The smallest absolute Gasteiger partial charge is 0.222 e. The topological polar surface area (TPSA) is 66.0 Å². The highest BCUT2D eigenvalue weighted by Gasteiger charge is 2.25. The lowest BCUT2D eigenvalue weighted by Gasteiger charge is -2.18. The number of likely N-dealkylation sites (tertiary alicyclic amines) is 1. The molecule has 0 aromatic heterocycles. The van der Waals surface area contributed by atoms with Crippen molar-refractivity contribution in [2.45, 2.75) is 39.2 Å². The first-order valence-electron chi connectivity index (χ1n) is 7.53. The van der Waals surface area contributed by atoms with Crippen LogP contribution in [0.5, 0.6) is 0 Å². The van der Waals surface area contributed by atoms with E-state index in [1.807, 2.05) is 18.7 Å². The van der Waals surface area contributed by atoms with Crippen molar-refractivity contribution in [1.29, 1.82) is 0 Å². The van der Waals surface area contributed by atoms with Crippen molar-refractivity contribution in [3.8, 4) is 0 Å². The number of hydrogen-bond donors (Lipinski definition) is 2. The van der Waals surface area contributed by atoms with Crippen LogP contribution >= 0.6 is 0 Å². The van der Waals surface area contributed by atoms with E-state index in [1.165, 1.54) is 0 Å². The summed E-state index contributed by atoms with van der Waals surface area (Å²) in [5, 5.41) is 6.64. The zero-order chi connectivity index (χ0) is 14.8. The first-order chi connectivity index (χ1) is 9.71. The third kappa shape index (κ3) is 5.77. The monoisotopic (exact) mass is 284 g/mol. The number of carbonyl (C=O) groups is 1. The minimum absolute atomic E-state index is 0.231. The Morgan fingerprint density at radius 3 is 2.90 bits per heavy atom. The molecule has 1 heterocycles. The number of rotatable bonds is 7. The molecule has 1 aliphatic rings. The maximum atomic E-state index is 11.6. The first kappa shape index (κ1) is 16.8. The van der Waals surface area contributed by atoms with Crippen LogP contribution in [-0.4, -0.2) is 62.7 Å². The van der Waals surface area contributed by atoms with Crippen LogP contribution in [0.2, 0.25) is 0 Å². The summed E-state index contributed by atoms with van der Waals surface area (Å²) in [6.45, 7) is 7.88. The van der Waals surface area contributed by atoms with Crippen molar-refractivity contribution in [2.24, 2.45) is 4.99 Å². The van der Waals surface area contributed by atoms with Crippen LogP contribution in [-0.2, 0) is 9.53 Å². The van der Waals surface area contributed by atoms with Crippen LogP contribution in [0.25, 0.3) is 0 Å². The Morgan fingerprint density at radius 2 is 2.25 bits per heavy atom. The molecule has 6 nitrogen and oxygen atoms in total. The maximum absolute atomic E-state index is 11.6. The van der Waals surface area contributed by atoms with Crippen LogP contribution < -0.4 is 10.6 Å². The van der Waals surface area contributed by atoms with Gasteiger partial charge in [0.2, 0.25) is 5.91 Å². The number of ether oxygens (including phenoxy) is 1. The van der Waals surface area contributed by atoms with Gasteiger partial charge in [-0.25, -0.2) is 0 Å². The molecule has 1 fully saturated rings. The molecule has 116 valence electrons. The molecule has 0 radical (unpaired) electrons. The number of carbonyl (C=O) groups excluding carboxylic acids is 1. The molecular formula is C14H28N4O2. The summed E-state index contributed by atoms with van der Waals surface area (Å²) in [5.41, 5.74) is 0. The van der Waals surface area contributed by atoms with Gasteiger partial charge in [-0.2, -0.15) is 0 Å². The molecule has 0 aliphatic carbocycles. The molecule has 1 atom stereocenters. The predicted octanol–water partition coefficient (Wildman–Crippen LogP) is 0.589. The maximum Gasteiger partial charge on any atom is 0.222 e. The Bertz CT molecular complexity index is 320. The molecule has 1 unspecified atom stereocenters. The van der Waals surface area contributed by atoms with E-state index in [4.69, 9.17) is 4.74 Å². The van der Waals surface area contributed by atoms with E-state index in [2.05, 4.69) is 15.6 Å². The molecule has 0 saturated carbocycles. The van der Waals surface area contributed by atoms with Gasteiger partial charge in [0.05, 0.1) is 0 Å². The average Bonchev–Trinajstić information content (AvgIpc) is 2.93. The third-order valence-corrected chi connectivity index (χ3v) is 3.37. The van der Waals surface area contributed by atoms with Crippen molar-refractivity contribution in [3.05, 3.63) is 0 Å². The van der Waals surface area contributed by atoms with Gasteiger partial charge in [-0.1, -0.05) is 6.92 Å². The van der Waals surface area contributed by atoms with E-state index in [-0.39, 0.29) is 5.91 Å². The Labute approximate surface area is 122 Å². The normalized spacial score (nSPS) is 19.2. The van der Waals surface area contributed by atoms with Gasteiger partial charge < -0.3 is 20.3 Å². The van der Waals surface area contributed by atoms with E-state index >= 15 is 0 Å². The summed E-state index contributed by atoms with van der Waals surface area (Å²) in [7, 11) is 1.77. The molecule has 1 saturated heterocycles. The van der Waals surface area contributed by atoms with Crippen LogP contribution in [0.15, 0.2) is 4.99 Å². The highest BCUT2D eigenvalue weighted by Crippen LogP contribution is 2.10. The van der Waals surface area contributed by atoms with Gasteiger partial charge in [-0.3, -0.25) is 9.79 Å². The molecule has 2 N–H and O–H groups in total. The number of guanidine groups is 1. The zero-order valence-corrected chi connectivity index (χ0v) is 12.9. The van der Waals surface area contributed by atoms with Crippen LogP contribution in [0, 0.1) is 0 Å². The van der Waals surface area contributed by atoms with E-state index in [9.17, 15) is 4.79 Å². The largest absolute Gasteiger partial charge is 0.382 e. The fraction of sp³-hybridized carbons (Fsp3) is 0.857. The second kappa shape index (κ2) is 9.58. The lowest BCUT2D eigenvalue weighted by molar-refractivity contribution is -0.129. The molecule has 0 bridgehead atoms. The van der Waals surface area contributed by atoms with Gasteiger partial charge in [-0.15, -0.1) is 0 Å². The van der Waals surface area contributed by atoms with E-state index < -0.39 is 0 Å². The van der Waals surface area contributed by atoms with E-state index in [0.717, 1.165) is 51.6 Å². The molecule has 1 amide bonds. The van der Waals surface area contributed by atoms with Gasteiger partial charge in [0.25, 0.3) is 0 Å². The Morgan fingerprint density at radius 1 is 1.45 bits per heavy atom. The number of nitrogens with one attached hydrogen (secondary N) is 2. The van der Waals surface area contributed by atoms with Gasteiger partial charge in [0.15, 0.2) is 5.96 Å². The second-order valence-electron chi connectivity index (χ2n) is 4.87. The third-order valence-electron chi connectivity index (χ3n) is 3.37. The van der Waals surface area contributed by atoms with Gasteiger partial charge >= 0.3 is 0 Å². The van der Waals surface area contributed by atoms with E-state index in [1.54, 1.807) is 7.05 Å². The Hall–Kier alpha value is -1.30. The minimum Gasteiger partial charge on any atom is -0.382 e. The Balaban J connectivity index is 2.23. The summed E-state index contributed by atoms with van der Waals surface area (Å²) in [6, 6.07) is 0.295. The molecule has 1 aliphatic heterocycles. The van der Waals surface area contributed by atoms with Crippen molar-refractivity contribution in [1.82, 2.24) is 15.5 Å². The Kier molecular flexibility index (Phi) is 8.02. The summed E-state index contributed by atoms with van der Waals surface area (Å²) < 4.78 is 5.29. The van der Waals surface area contributed by atoms with Crippen LogP contribution in [0.4, 0.5) is 0 Å². The molecule has 0 spiro atoms. The molecule has 0 aromatic carbocycles. The quantitative estimate of drug-likeness (QED) is 0.408. The fourth-order valence-electron chi connectivity index (χ4n) is 2.24. The highest BCUT2D eigenvalue weighted by atomic mass is 16.5. The number of nitrogens with zero attached hydrogens (tertiary/aromatic N) is 2. The lowest BCUT2D eigenvalue weighted by atomic mass is 10.3. The van der Waals surface area contributed by atoms with Crippen molar-refractivity contribution in [2.75, 3.05) is 39.9 Å². The predicted molar refractivity (Wildman–Crippen MR) is 80.9 cm³/mol. The molecule has 0 aromatic rings. The molecule has 20 heavy (non-hydrogen) atoms. The number of hydrogen-bond acceptors (Lipinski definition) is 3. The second-order valence-corrected chi connectivity index (χ2v) is 4.87. The van der Waals surface area contributed by atoms with Gasteiger partial charge in [-0.05, 0) is 19.8 Å². The summed E-state index contributed by atoms with van der Waals surface area (Å²) in [5.74, 6) is 1.03.